The number of hydrogen-bond donors (Lipinski definition) is 1. The number of benzene rings is 1. The lowest BCUT2D eigenvalue weighted by Gasteiger charge is -2.01. The Balaban J connectivity index is 1.89. The van der Waals surface area contributed by atoms with Crippen LogP contribution in [0.25, 0.3) is 0 Å². The molecule has 0 bridgehead atoms. The molecule has 0 spiro atoms. The second kappa shape index (κ2) is 5.30. The van der Waals surface area contributed by atoms with E-state index in [0.29, 0.717) is 12.4 Å². The van der Waals surface area contributed by atoms with Gasteiger partial charge in [0.05, 0.1) is 6.54 Å². The van der Waals surface area contributed by atoms with Gasteiger partial charge in [-0.05, 0) is 18.6 Å². The molecule has 2 aromatic rings. The standard InChI is InChI=1S/C12H15N3O/c1-2-6-11-14-12(16-15-11)9-13-10-7-4-3-5-8-10/h3-5,7-8,13H,2,6,9H2,1H3. The highest BCUT2D eigenvalue weighted by molar-refractivity contribution is 5.42. The Labute approximate surface area is 94.7 Å². The lowest BCUT2D eigenvalue weighted by Crippen LogP contribution is -1.99. The van der Waals surface area contributed by atoms with Crippen molar-refractivity contribution in [2.24, 2.45) is 0 Å². The van der Waals surface area contributed by atoms with Gasteiger partial charge >= 0.3 is 0 Å². The molecule has 1 aromatic carbocycles. The molecule has 0 radical (unpaired) electrons. The maximum absolute atomic E-state index is 5.12. The summed E-state index contributed by atoms with van der Waals surface area (Å²) in [4.78, 5) is 4.27. The van der Waals surface area contributed by atoms with Crippen LogP contribution >= 0.6 is 0 Å². The van der Waals surface area contributed by atoms with Crippen molar-refractivity contribution in [2.45, 2.75) is 26.3 Å². The Hall–Kier alpha value is -1.84. The quantitative estimate of drug-likeness (QED) is 0.836. The zero-order chi connectivity index (χ0) is 11.2. The van der Waals surface area contributed by atoms with Crippen LogP contribution in [0.3, 0.4) is 0 Å². The molecule has 0 amide bonds. The second-order valence-corrected chi connectivity index (χ2v) is 3.57. The van der Waals surface area contributed by atoms with Gasteiger partial charge in [-0.2, -0.15) is 4.98 Å². The lowest BCUT2D eigenvalue weighted by atomic mass is 10.3. The van der Waals surface area contributed by atoms with Crippen LogP contribution in [0.15, 0.2) is 34.9 Å². The van der Waals surface area contributed by atoms with Crippen molar-refractivity contribution in [2.75, 3.05) is 5.32 Å². The van der Waals surface area contributed by atoms with Crippen LogP contribution in [0, 0.1) is 0 Å². The van der Waals surface area contributed by atoms with Gasteiger partial charge in [-0.25, -0.2) is 0 Å². The van der Waals surface area contributed by atoms with Crippen LogP contribution in [-0.4, -0.2) is 10.1 Å². The van der Waals surface area contributed by atoms with E-state index >= 15 is 0 Å². The van der Waals surface area contributed by atoms with Gasteiger partial charge in [0.2, 0.25) is 5.89 Å². The number of hydrogen-bond acceptors (Lipinski definition) is 4. The predicted molar refractivity (Wildman–Crippen MR) is 62.1 cm³/mol. The topological polar surface area (TPSA) is 51.0 Å². The van der Waals surface area contributed by atoms with E-state index in [1.54, 1.807) is 0 Å². The number of aromatic nitrogens is 2. The third-order valence-corrected chi connectivity index (χ3v) is 2.20. The first kappa shape index (κ1) is 10.7. The zero-order valence-corrected chi connectivity index (χ0v) is 9.31. The van der Waals surface area contributed by atoms with Gasteiger partial charge in [-0.3, -0.25) is 0 Å². The molecule has 4 heteroatoms. The predicted octanol–water partition coefficient (Wildman–Crippen LogP) is 2.63. The molecule has 0 aliphatic carbocycles. The van der Waals surface area contributed by atoms with Crippen LogP contribution in [0.2, 0.25) is 0 Å². The Morgan fingerprint density at radius 2 is 2.06 bits per heavy atom. The van der Waals surface area contributed by atoms with E-state index in [4.69, 9.17) is 4.52 Å². The second-order valence-electron chi connectivity index (χ2n) is 3.57. The van der Waals surface area contributed by atoms with Crippen LogP contribution in [-0.2, 0) is 13.0 Å². The summed E-state index contributed by atoms with van der Waals surface area (Å²) in [5, 5.41) is 7.11. The first-order valence-corrected chi connectivity index (χ1v) is 5.49. The molecule has 1 heterocycles. The smallest absolute Gasteiger partial charge is 0.245 e. The van der Waals surface area contributed by atoms with Crippen LogP contribution in [0.4, 0.5) is 5.69 Å². The van der Waals surface area contributed by atoms with E-state index < -0.39 is 0 Å². The minimum atomic E-state index is 0.570. The summed E-state index contributed by atoms with van der Waals surface area (Å²) >= 11 is 0. The minimum Gasteiger partial charge on any atom is -0.376 e. The first-order chi connectivity index (χ1) is 7.88. The average molecular weight is 217 g/mol. The first-order valence-electron chi connectivity index (χ1n) is 5.49. The van der Waals surface area contributed by atoms with Gasteiger partial charge in [0.1, 0.15) is 0 Å². The summed E-state index contributed by atoms with van der Waals surface area (Å²) in [6, 6.07) is 9.96. The maximum atomic E-state index is 5.12. The van der Waals surface area contributed by atoms with Crippen LogP contribution < -0.4 is 5.32 Å². The van der Waals surface area contributed by atoms with E-state index in [-0.39, 0.29) is 0 Å². The Morgan fingerprint density at radius 3 is 2.81 bits per heavy atom. The van der Waals surface area contributed by atoms with E-state index in [9.17, 15) is 0 Å². The number of rotatable bonds is 5. The molecule has 1 aromatic heterocycles. The molecule has 0 unspecified atom stereocenters. The molecular formula is C12H15N3O. The van der Waals surface area contributed by atoms with Gasteiger partial charge in [-0.1, -0.05) is 30.3 Å². The molecule has 0 saturated heterocycles. The fourth-order valence-corrected chi connectivity index (χ4v) is 1.42. The Bertz CT molecular complexity index is 425. The third-order valence-electron chi connectivity index (χ3n) is 2.20. The summed E-state index contributed by atoms with van der Waals surface area (Å²) in [7, 11) is 0. The third kappa shape index (κ3) is 2.82. The highest BCUT2D eigenvalue weighted by Crippen LogP contribution is 2.07. The van der Waals surface area contributed by atoms with Crippen molar-refractivity contribution < 1.29 is 4.52 Å². The molecule has 4 nitrogen and oxygen atoms in total. The van der Waals surface area contributed by atoms with E-state index in [0.717, 1.165) is 24.4 Å². The summed E-state index contributed by atoms with van der Waals surface area (Å²) in [5.41, 5.74) is 1.05. The molecule has 0 atom stereocenters. The molecule has 0 saturated carbocycles. The molecule has 84 valence electrons. The number of nitrogens with zero attached hydrogens (tertiary/aromatic N) is 2. The molecule has 16 heavy (non-hydrogen) atoms. The normalized spacial score (nSPS) is 10.3. The fraction of sp³-hybridized carbons (Fsp3) is 0.333. The van der Waals surface area contributed by atoms with E-state index in [1.165, 1.54) is 0 Å². The number of aryl methyl sites for hydroxylation is 1. The van der Waals surface area contributed by atoms with Gasteiger partial charge in [0.25, 0.3) is 0 Å². The van der Waals surface area contributed by atoms with Gasteiger partial charge in [-0.15, -0.1) is 0 Å². The van der Waals surface area contributed by atoms with Gasteiger partial charge in [0, 0.05) is 12.1 Å². The maximum Gasteiger partial charge on any atom is 0.245 e. The molecule has 0 aliphatic heterocycles. The lowest BCUT2D eigenvalue weighted by molar-refractivity contribution is 0.377. The Morgan fingerprint density at radius 1 is 1.25 bits per heavy atom. The van der Waals surface area contributed by atoms with Crippen molar-refractivity contribution in [3.8, 4) is 0 Å². The Kier molecular flexibility index (Phi) is 3.53. The fourth-order valence-electron chi connectivity index (χ4n) is 1.42. The summed E-state index contributed by atoms with van der Waals surface area (Å²) in [6.07, 6.45) is 1.90. The van der Waals surface area contributed by atoms with E-state index in [2.05, 4.69) is 22.4 Å². The van der Waals surface area contributed by atoms with Crippen LogP contribution in [0.1, 0.15) is 25.1 Å². The molecule has 1 N–H and O–H groups in total. The number of anilines is 1. The summed E-state index contributed by atoms with van der Waals surface area (Å²) in [5.74, 6) is 1.42. The largest absolute Gasteiger partial charge is 0.376 e. The van der Waals surface area contributed by atoms with Crippen molar-refractivity contribution in [1.29, 1.82) is 0 Å². The number of nitrogens with one attached hydrogen (secondary N) is 1. The average Bonchev–Trinajstić information content (AvgIpc) is 2.76. The summed E-state index contributed by atoms with van der Waals surface area (Å²) < 4.78 is 5.12. The van der Waals surface area contributed by atoms with Crippen molar-refractivity contribution in [3.63, 3.8) is 0 Å². The molecule has 0 fully saturated rings. The highest BCUT2D eigenvalue weighted by Gasteiger charge is 2.04. The molecule has 0 aliphatic rings. The SMILES string of the molecule is CCCc1noc(CNc2ccccc2)n1. The molecule has 2 rings (SSSR count). The van der Waals surface area contributed by atoms with Crippen molar-refractivity contribution in [1.82, 2.24) is 10.1 Å². The van der Waals surface area contributed by atoms with Gasteiger partial charge in [0.15, 0.2) is 5.82 Å². The van der Waals surface area contributed by atoms with Crippen molar-refractivity contribution >= 4 is 5.69 Å². The summed E-state index contributed by atoms with van der Waals surface area (Å²) in [6.45, 7) is 2.67. The monoisotopic (exact) mass is 217 g/mol. The number of para-hydroxylation sites is 1. The zero-order valence-electron chi connectivity index (χ0n) is 9.31. The molecular weight excluding hydrogens is 202 g/mol. The van der Waals surface area contributed by atoms with Crippen LogP contribution in [0.5, 0.6) is 0 Å². The minimum absolute atomic E-state index is 0.570. The highest BCUT2D eigenvalue weighted by atomic mass is 16.5. The van der Waals surface area contributed by atoms with E-state index in [1.807, 2.05) is 30.3 Å². The van der Waals surface area contributed by atoms with Gasteiger partial charge < -0.3 is 9.84 Å². The van der Waals surface area contributed by atoms with Crippen molar-refractivity contribution in [3.05, 3.63) is 42.0 Å².